The molecule has 1 aromatic carbocycles. The average Bonchev–Trinajstić information content (AvgIpc) is 2.88. The number of carbonyl (C=O) groups excluding carboxylic acids is 3. The lowest BCUT2D eigenvalue weighted by atomic mass is 9.96. The first kappa shape index (κ1) is 33.4. The van der Waals surface area contributed by atoms with Crippen molar-refractivity contribution < 1.29 is 24.3 Å². The molecule has 1 aromatic rings. The highest BCUT2D eigenvalue weighted by molar-refractivity contribution is 5.94. The van der Waals surface area contributed by atoms with Gasteiger partial charge in [-0.05, 0) is 36.7 Å². The van der Waals surface area contributed by atoms with E-state index in [0.29, 0.717) is 32.2 Å². The van der Waals surface area contributed by atoms with Gasteiger partial charge >= 0.3 is 5.97 Å². The smallest absolute Gasteiger partial charge is 0.326 e. The van der Waals surface area contributed by atoms with Gasteiger partial charge in [-0.2, -0.15) is 0 Å². The highest BCUT2D eigenvalue weighted by Gasteiger charge is 2.33. The predicted octanol–water partition coefficient (Wildman–Crippen LogP) is 0.241. The van der Waals surface area contributed by atoms with Gasteiger partial charge in [-0.1, -0.05) is 64.4 Å². The molecule has 0 fully saturated rings. The van der Waals surface area contributed by atoms with E-state index in [1.807, 2.05) is 26.8 Å². The maximum absolute atomic E-state index is 13.3. The monoisotopic (exact) mass is 547 g/mol. The number of amides is 3. The Bertz CT molecular complexity index is 967. The number of guanidine groups is 1. The fourth-order valence-corrected chi connectivity index (χ4v) is 3.90. The van der Waals surface area contributed by atoms with Crippen molar-refractivity contribution in [2.75, 3.05) is 6.54 Å². The van der Waals surface area contributed by atoms with Crippen LogP contribution in [0.15, 0.2) is 35.3 Å². The average molecular weight is 548 g/mol. The number of carboxylic acid groups (broad SMARTS) is 1. The number of benzene rings is 1. The van der Waals surface area contributed by atoms with Crippen LogP contribution in [0.5, 0.6) is 0 Å². The fraction of sp³-hybridized carbons (Fsp3) is 0.593. The fourth-order valence-electron chi connectivity index (χ4n) is 3.90. The molecule has 5 unspecified atom stereocenters. The van der Waals surface area contributed by atoms with Gasteiger partial charge in [0.1, 0.15) is 18.1 Å². The third-order valence-electron chi connectivity index (χ3n) is 6.33. The molecule has 0 spiro atoms. The van der Waals surface area contributed by atoms with Gasteiger partial charge in [-0.15, -0.1) is 0 Å². The van der Waals surface area contributed by atoms with Crippen LogP contribution in [0.2, 0.25) is 0 Å². The number of hydrogen-bond acceptors (Lipinski definition) is 6. The van der Waals surface area contributed by atoms with Crippen LogP contribution < -0.4 is 33.2 Å². The maximum Gasteiger partial charge on any atom is 0.326 e. The number of rotatable bonds is 17. The Balaban J connectivity index is 2.96. The van der Waals surface area contributed by atoms with Gasteiger partial charge in [0.05, 0.1) is 6.04 Å². The van der Waals surface area contributed by atoms with Gasteiger partial charge < -0.3 is 38.3 Å². The zero-order chi connectivity index (χ0) is 29.5. The molecule has 12 nitrogen and oxygen atoms in total. The van der Waals surface area contributed by atoms with E-state index >= 15 is 0 Å². The standard InChI is InChI=1S/C27H45N7O5/c1-5-17(4)22(25(37)33-21(26(38)39)15-18-10-7-6-8-11-18)34-24(36)20(14-16(2)3)32-23(35)19(28)12-9-13-31-27(29)30/h6-8,10-11,16-17,19-22H,5,9,12-15,28H2,1-4H3,(H,32,35)(H,33,37)(H,34,36)(H,38,39)(H4,29,30,31). The molecule has 5 atom stereocenters. The molecule has 0 bridgehead atoms. The molecule has 3 amide bonds. The zero-order valence-electron chi connectivity index (χ0n) is 23.4. The summed E-state index contributed by atoms with van der Waals surface area (Å²) in [5, 5.41) is 17.7. The van der Waals surface area contributed by atoms with E-state index in [4.69, 9.17) is 17.2 Å². The summed E-state index contributed by atoms with van der Waals surface area (Å²) in [6.45, 7) is 7.79. The summed E-state index contributed by atoms with van der Waals surface area (Å²) in [4.78, 5) is 55.0. The normalized spacial score (nSPS) is 14.8. The van der Waals surface area contributed by atoms with Gasteiger partial charge in [0.15, 0.2) is 5.96 Å². The second-order valence-electron chi connectivity index (χ2n) is 10.2. The molecule has 0 saturated carbocycles. The van der Waals surface area contributed by atoms with E-state index in [1.165, 1.54) is 0 Å². The Kier molecular flexibility index (Phi) is 14.6. The minimum Gasteiger partial charge on any atom is -0.480 e. The van der Waals surface area contributed by atoms with Gasteiger partial charge in [0.2, 0.25) is 17.7 Å². The highest BCUT2D eigenvalue weighted by Crippen LogP contribution is 2.12. The van der Waals surface area contributed by atoms with Crippen LogP contribution in [0.1, 0.15) is 58.9 Å². The quantitative estimate of drug-likeness (QED) is 0.0812. The Labute approximate surface area is 230 Å². The van der Waals surface area contributed by atoms with E-state index in [0.717, 1.165) is 5.56 Å². The lowest BCUT2D eigenvalue weighted by Gasteiger charge is -2.28. The molecule has 1 rings (SSSR count). The van der Waals surface area contributed by atoms with E-state index in [-0.39, 0.29) is 24.2 Å². The summed E-state index contributed by atoms with van der Waals surface area (Å²) in [5.74, 6) is -3.12. The number of carbonyl (C=O) groups is 4. The maximum atomic E-state index is 13.3. The molecule has 0 radical (unpaired) electrons. The summed E-state index contributed by atoms with van der Waals surface area (Å²) in [5.41, 5.74) is 17.4. The summed E-state index contributed by atoms with van der Waals surface area (Å²) in [6.07, 6.45) is 1.76. The van der Waals surface area contributed by atoms with Crippen LogP contribution in [0.3, 0.4) is 0 Å². The number of nitrogens with one attached hydrogen (secondary N) is 3. The number of aliphatic carboxylic acids is 1. The lowest BCUT2D eigenvalue weighted by molar-refractivity contribution is -0.142. The summed E-state index contributed by atoms with van der Waals surface area (Å²) >= 11 is 0. The first-order valence-corrected chi connectivity index (χ1v) is 13.3. The molecule has 12 heteroatoms. The van der Waals surface area contributed by atoms with Crippen molar-refractivity contribution in [2.45, 2.75) is 84.0 Å². The molecule has 0 saturated heterocycles. The number of carboxylic acids is 1. The van der Waals surface area contributed by atoms with Crippen molar-refractivity contribution in [3.05, 3.63) is 35.9 Å². The summed E-state index contributed by atoms with van der Waals surface area (Å²) < 4.78 is 0. The van der Waals surface area contributed by atoms with E-state index in [2.05, 4.69) is 20.9 Å². The Morgan fingerprint density at radius 2 is 1.54 bits per heavy atom. The molecule has 0 heterocycles. The largest absolute Gasteiger partial charge is 0.480 e. The zero-order valence-corrected chi connectivity index (χ0v) is 23.4. The minimum absolute atomic E-state index is 0.0451. The molecule has 10 N–H and O–H groups in total. The number of aliphatic imine (C=N–C) groups is 1. The highest BCUT2D eigenvalue weighted by atomic mass is 16.4. The van der Waals surface area contributed by atoms with Crippen molar-refractivity contribution in [3.8, 4) is 0 Å². The third kappa shape index (κ3) is 12.6. The molecule has 0 aliphatic heterocycles. The van der Waals surface area contributed by atoms with E-state index < -0.39 is 47.9 Å². The van der Waals surface area contributed by atoms with Crippen molar-refractivity contribution in [1.29, 1.82) is 0 Å². The molecular weight excluding hydrogens is 502 g/mol. The topological polar surface area (TPSA) is 215 Å². The molecule has 39 heavy (non-hydrogen) atoms. The molecule has 0 aromatic heterocycles. The van der Waals surface area contributed by atoms with Gasteiger partial charge in [0.25, 0.3) is 0 Å². The van der Waals surface area contributed by atoms with Crippen molar-refractivity contribution >= 4 is 29.7 Å². The first-order chi connectivity index (χ1) is 18.3. The van der Waals surface area contributed by atoms with Crippen LogP contribution in [0.4, 0.5) is 0 Å². The lowest BCUT2D eigenvalue weighted by Crippen LogP contribution is -2.59. The van der Waals surface area contributed by atoms with E-state index in [9.17, 15) is 24.3 Å². The van der Waals surface area contributed by atoms with Crippen LogP contribution >= 0.6 is 0 Å². The van der Waals surface area contributed by atoms with Crippen LogP contribution in [-0.4, -0.2) is 65.5 Å². The minimum atomic E-state index is -1.18. The predicted molar refractivity (Wildman–Crippen MR) is 150 cm³/mol. The summed E-state index contributed by atoms with van der Waals surface area (Å²) in [7, 11) is 0. The molecule has 0 aliphatic carbocycles. The Morgan fingerprint density at radius 3 is 2.08 bits per heavy atom. The number of hydrogen-bond donors (Lipinski definition) is 7. The number of nitrogens with zero attached hydrogens (tertiary/aromatic N) is 1. The van der Waals surface area contributed by atoms with Crippen LogP contribution in [-0.2, 0) is 25.6 Å². The van der Waals surface area contributed by atoms with Gasteiger partial charge in [-0.25, -0.2) is 4.79 Å². The summed E-state index contributed by atoms with van der Waals surface area (Å²) in [6, 6.07) is 4.98. The molecule has 0 aliphatic rings. The second kappa shape index (κ2) is 17.0. The first-order valence-electron chi connectivity index (χ1n) is 13.3. The molecular formula is C27H45N7O5. The molecule has 218 valence electrons. The van der Waals surface area contributed by atoms with Crippen molar-refractivity contribution in [1.82, 2.24) is 16.0 Å². The van der Waals surface area contributed by atoms with Crippen molar-refractivity contribution in [2.24, 2.45) is 34.0 Å². The van der Waals surface area contributed by atoms with E-state index in [1.54, 1.807) is 31.2 Å². The second-order valence-corrected chi connectivity index (χ2v) is 10.2. The third-order valence-corrected chi connectivity index (χ3v) is 6.33. The number of nitrogens with two attached hydrogens (primary N) is 3. The van der Waals surface area contributed by atoms with Gasteiger partial charge in [0, 0.05) is 13.0 Å². The van der Waals surface area contributed by atoms with Crippen LogP contribution in [0.25, 0.3) is 0 Å². The Hall–Kier alpha value is -3.67. The van der Waals surface area contributed by atoms with Crippen LogP contribution in [0, 0.1) is 11.8 Å². The van der Waals surface area contributed by atoms with Gasteiger partial charge in [-0.3, -0.25) is 19.4 Å². The van der Waals surface area contributed by atoms with Crippen molar-refractivity contribution in [3.63, 3.8) is 0 Å². The Morgan fingerprint density at radius 1 is 0.923 bits per heavy atom. The SMILES string of the molecule is CCC(C)C(NC(=O)C(CC(C)C)NC(=O)C(N)CCCN=C(N)N)C(=O)NC(Cc1ccccc1)C(=O)O.